The fourth-order valence-corrected chi connectivity index (χ4v) is 3.50. The molecule has 1 fully saturated rings. The lowest BCUT2D eigenvalue weighted by molar-refractivity contribution is 0.0679. The first-order valence-electron chi connectivity index (χ1n) is 8.11. The fourth-order valence-electron chi connectivity index (χ4n) is 2.52. The molecule has 1 aliphatic rings. The number of carbonyl (C=O) groups is 1. The van der Waals surface area contributed by atoms with Gasteiger partial charge in [0.05, 0.1) is 11.0 Å². The Labute approximate surface area is 151 Å². The van der Waals surface area contributed by atoms with Crippen molar-refractivity contribution in [1.29, 1.82) is 0 Å². The van der Waals surface area contributed by atoms with Gasteiger partial charge in [-0.2, -0.15) is 0 Å². The number of hydrogen-bond acceptors (Lipinski definition) is 5. The highest BCUT2D eigenvalue weighted by atomic mass is 32.2. The molecule has 2 aromatic carbocycles. The van der Waals surface area contributed by atoms with Crippen LogP contribution in [0.25, 0.3) is 0 Å². The van der Waals surface area contributed by atoms with Gasteiger partial charge in [-0.3, -0.25) is 4.79 Å². The monoisotopic (exact) mass is 379 g/mol. The van der Waals surface area contributed by atoms with Crippen molar-refractivity contribution in [3.05, 3.63) is 59.9 Å². The molecule has 2 aromatic rings. The SMILES string of the molecule is O=C(NS(=O)(=O)c1ccc(F)cc1)c1ccc(OCC2CCCO2)cc1. The van der Waals surface area contributed by atoms with E-state index in [1.807, 2.05) is 4.72 Å². The Hall–Kier alpha value is -2.45. The Balaban J connectivity index is 1.61. The zero-order valence-electron chi connectivity index (χ0n) is 13.9. The van der Waals surface area contributed by atoms with Crippen molar-refractivity contribution in [1.82, 2.24) is 4.72 Å². The van der Waals surface area contributed by atoms with Crippen molar-refractivity contribution >= 4 is 15.9 Å². The third-order valence-corrected chi connectivity index (χ3v) is 5.27. The number of carbonyl (C=O) groups excluding carboxylic acids is 1. The molecule has 1 atom stereocenters. The van der Waals surface area contributed by atoms with E-state index >= 15 is 0 Å². The number of amides is 1. The molecule has 1 unspecified atom stereocenters. The minimum atomic E-state index is -4.07. The summed E-state index contributed by atoms with van der Waals surface area (Å²) in [5.74, 6) is -0.771. The molecule has 8 heteroatoms. The van der Waals surface area contributed by atoms with Crippen LogP contribution in [0.2, 0.25) is 0 Å². The van der Waals surface area contributed by atoms with Crippen LogP contribution >= 0.6 is 0 Å². The van der Waals surface area contributed by atoms with Gasteiger partial charge >= 0.3 is 0 Å². The summed E-state index contributed by atoms with van der Waals surface area (Å²) >= 11 is 0. The number of sulfonamides is 1. The molecule has 3 rings (SSSR count). The van der Waals surface area contributed by atoms with Crippen LogP contribution < -0.4 is 9.46 Å². The molecule has 1 aliphatic heterocycles. The van der Waals surface area contributed by atoms with Crippen LogP contribution in [0.1, 0.15) is 23.2 Å². The predicted octanol–water partition coefficient (Wildman–Crippen LogP) is 2.50. The summed E-state index contributed by atoms with van der Waals surface area (Å²) in [6, 6.07) is 10.3. The molecule has 6 nitrogen and oxygen atoms in total. The van der Waals surface area contributed by atoms with Gasteiger partial charge in [-0.15, -0.1) is 0 Å². The van der Waals surface area contributed by atoms with E-state index in [2.05, 4.69) is 0 Å². The summed E-state index contributed by atoms with van der Waals surface area (Å²) in [7, 11) is -4.07. The van der Waals surface area contributed by atoms with E-state index in [4.69, 9.17) is 9.47 Å². The molecule has 0 bridgehead atoms. The summed E-state index contributed by atoms with van der Waals surface area (Å²) in [6.45, 7) is 1.18. The first-order valence-corrected chi connectivity index (χ1v) is 9.59. The molecule has 0 saturated carbocycles. The van der Waals surface area contributed by atoms with E-state index in [1.165, 1.54) is 12.1 Å². The molecule has 138 valence electrons. The van der Waals surface area contributed by atoms with Gasteiger partial charge in [0.15, 0.2) is 0 Å². The first-order chi connectivity index (χ1) is 12.4. The Morgan fingerprint density at radius 3 is 2.46 bits per heavy atom. The maximum absolute atomic E-state index is 12.9. The maximum Gasteiger partial charge on any atom is 0.265 e. The Morgan fingerprint density at radius 1 is 1.15 bits per heavy atom. The van der Waals surface area contributed by atoms with E-state index in [0.29, 0.717) is 12.4 Å². The molecule has 0 aromatic heterocycles. The predicted molar refractivity (Wildman–Crippen MR) is 92.0 cm³/mol. The highest BCUT2D eigenvalue weighted by Gasteiger charge is 2.19. The fraction of sp³-hybridized carbons (Fsp3) is 0.278. The lowest BCUT2D eigenvalue weighted by Gasteiger charge is -2.12. The average molecular weight is 379 g/mol. The molecule has 1 N–H and O–H groups in total. The highest BCUT2D eigenvalue weighted by Crippen LogP contribution is 2.17. The van der Waals surface area contributed by atoms with Crippen LogP contribution in [-0.4, -0.2) is 33.6 Å². The number of benzene rings is 2. The second-order valence-electron chi connectivity index (χ2n) is 5.86. The minimum absolute atomic E-state index is 0.0822. The van der Waals surface area contributed by atoms with Gasteiger partial charge < -0.3 is 9.47 Å². The van der Waals surface area contributed by atoms with E-state index < -0.39 is 21.7 Å². The summed E-state index contributed by atoms with van der Waals surface area (Å²) in [4.78, 5) is 12.0. The molecule has 0 aliphatic carbocycles. The van der Waals surface area contributed by atoms with Gasteiger partial charge in [-0.1, -0.05) is 0 Å². The summed E-state index contributed by atoms with van der Waals surface area (Å²) in [5.41, 5.74) is 0.167. The topological polar surface area (TPSA) is 81.7 Å². The molecule has 1 saturated heterocycles. The Bertz CT molecular complexity index is 859. The van der Waals surface area contributed by atoms with Gasteiger partial charge in [0.1, 0.15) is 18.2 Å². The number of rotatable bonds is 6. The zero-order chi connectivity index (χ0) is 18.6. The minimum Gasteiger partial charge on any atom is -0.491 e. The summed E-state index contributed by atoms with van der Waals surface area (Å²) < 4.78 is 50.2. The first kappa shape index (κ1) is 18.3. The van der Waals surface area contributed by atoms with Gasteiger partial charge in [0.2, 0.25) is 0 Å². The normalized spacial score (nSPS) is 17.0. The third-order valence-electron chi connectivity index (χ3n) is 3.93. The van der Waals surface area contributed by atoms with E-state index in [-0.39, 0.29) is 16.6 Å². The van der Waals surface area contributed by atoms with Crippen molar-refractivity contribution in [2.75, 3.05) is 13.2 Å². The summed E-state index contributed by atoms with van der Waals surface area (Å²) in [5, 5.41) is 0. The maximum atomic E-state index is 12.9. The Morgan fingerprint density at radius 2 is 1.85 bits per heavy atom. The van der Waals surface area contributed by atoms with E-state index in [1.54, 1.807) is 12.1 Å². The highest BCUT2D eigenvalue weighted by molar-refractivity contribution is 7.90. The second-order valence-corrected chi connectivity index (χ2v) is 7.54. The van der Waals surface area contributed by atoms with E-state index in [0.717, 1.165) is 43.7 Å². The average Bonchev–Trinajstić information content (AvgIpc) is 3.14. The smallest absolute Gasteiger partial charge is 0.265 e. The van der Waals surface area contributed by atoms with Crippen LogP contribution in [0, 0.1) is 5.82 Å². The number of ether oxygens (including phenoxy) is 2. The Kier molecular flexibility index (Phi) is 5.53. The van der Waals surface area contributed by atoms with Crippen LogP contribution in [0.15, 0.2) is 53.4 Å². The van der Waals surface area contributed by atoms with Crippen LogP contribution in [0.3, 0.4) is 0 Å². The number of hydrogen-bond donors (Lipinski definition) is 1. The van der Waals surface area contributed by atoms with Crippen molar-refractivity contribution in [2.24, 2.45) is 0 Å². The molecular formula is C18H18FNO5S. The zero-order valence-corrected chi connectivity index (χ0v) is 14.7. The molecule has 0 spiro atoms. The van der Waals surface area contributed by atoms with Gasteiger partial charge in [-0.25, -0.2) is 17.5 Å². The van der Waals surface area contributed by atoms with Crippen molar-refractivity contribution in [3.8, 4) is 5.75 Å². The lowest BCUT2D eigenvalue weighted by atomic mass is 10.2. The summed E-state index contributed by atoms with van der Waals surface area (Å²) in [6.07, 6.45) is 2.07. The molecule has 1 heterocycles. The molecule has 26 heavy (non-hydrogen) atoms. The van der Waals surface area contributed by atoms with Gasteiger partial charge in [0, 0.05) is 12.2 Å². The molecule has 0 radical (unpaired) electrons. The van der Waals surface area contributed by atoms with Crippen LogP contribution in [-0.2, 0) is 14.8 Å². The lowest BCUT2D eigenvalue weighted by Crippen LogP contribution is -2.30. The third kappa shape index (κ3) is 4.59. The molecule has 1 amide bonds. The largest absolute Gasteiger partial charge is 0.491 e. The van der Waals surface area contributed by atoms with Crippen molar-refractivity contribution in [3.63, 3.8) is 0 Å². The van der Waals surface area contributed by atoms with Crippen LogP contribution in [0.5, 0.6) is 5.75 Å². The van der Waals surface area contributed by atoms with E-state index in [9.17, 15) is 17.6 Å². The number of halogens is 1. The second kappa shape index (κ2) is 7.84. The number of nitrogens with one attached hydrogen (secondary N) is 1. The van der Waals surface area contributed by atoms with Gasteiger partial charge in [-0.05, 0) is 61.4 Å². The standard InChI is InChI=1S/C18H18FNO5S/c19-14-5-9-17(10-6-14)26(22,23)20-18(21)13-3-7-15(8-4-13)25-12-16-2-1-11-24-16/h3-10,16H,1-2,11-12H2,(H,20,21). The van der Waals surface area contributed by atoms with Crippen molar-refractivity contribution in [2.45, 2.75) is 23.8 Å². The van der Waals surface area contributed by atoms with Crippen LogP contribution in [0.4, 0.5) is 4.39 Å². The van der Waals surface area contributed by atoms with Gasteiger partial charge in [0.25, 0.3) is 15.9 Å². The van der Waals surface area contributed by atoms with Crippen molar-refractivity contribution < 1.29 is 27.1 Å². The molecular weight excluding hydrogens is 361 g/mol. The quantitative estimate of drug-likeness (QED) is 0.834.